The standard InChI is InChI=1S/C6H12FIN2/c7-1-2-9-3-5-10(8)6-4-9/h1-6H2. The first-order valence-corrected chi connectivity index (χ1v) is 4.48. The number of piperazine rings is 1. The van der Waals surface area contributed by atoms with Crippen molar-refractivity contribution in [2.24, 2.45) is 0 Å². The fourth-order valence-electron chi connectivity index (χ4n) is 1.07. The van der Waals surface area contributed by atoms with Crippen molar-refractivity contribution >= 4 is 22.9 Å². The number of alkyl halides is 1. The molecule has 1 aliphatic rings. The number of halogens is 2. The molecule has 0 aromatic heterocycles. The summed E-state index contributed by atoms with van der Waals surface area (Å²) in [5.41, 5.74) is 0. The van der Waals surface area contributed by atoms with Crippen molar-refractivity contribution in [1.29, 1.82) is 0 Å². The molecule has 1 fully saturated rings. The second kappa shape index (κ2) is 4.46. The first-order valence-electron chi connectivity index (χ1n) is 3.52. The highest BCUT2D eigenvalue weighted by Gasteiger charge is 2.13. The normalized spacial score (nSPS) is 23.4. The summed E-state index contributed by atoms with van der Waals surface area (Å²) in [6.07, 6.45) is 0. The van der Waals surface area contributed by atoms with Gasteiger partial charge in [0.15, 0.2) is 0 Å². The minimum atomic E-state index is -0.207. The third-order valence-corrected chi connectivity index (χ3v) is 2.68. The molecule has 0 aromatic carbocycles. The first kappa shape index (κ1) is 8.67. The van der Waals surface area contributed by atoms with Crippen molar-refractivity contribution in [2.75, 3.05) is 39.4 Å². The van der Waals surface area contributed by atoms with Gasteiger partial charge in [-0.25, -0.2) is 7.50 Å². The van der Waals surface area contributed by atoms with Crippen LogP contribution in [0.15, 0.2) is 0 Å². The Bertz CT molecular complexity index is 93.7. The Morgan fingerprint density at radius 2 is 1.80 bits per heavy atom. The molecule has 1 heterocycles. The Morgan fingerprint density at radius 3 is 2.30 bits per heavy atom. The molecule has 0 amide bonds. The highest BCUT2D eigenvalue weighted by Crippen LogP contribution is 2.05. The number of nitrogens with zero attached hydrogens (tertiary/aromatic N) is 2. The van der Waals surface area contributed by atoms with Gasteiger partial charge in [0, 0.05) is 55.6 Å². The lowest BCUT2D eigenvalue weighted by Gasteiger charge is -2.30. The summed E-state index contributed by atoms with van der Waals surface area (Å²) in [7, 11) is 0. The highest BCUT2D eigenvalue weighted by atomic mass is 127. The second-order valence-electron chi connectivity index (χ2n) is 2.44. The van der Waals surface area contributed by atoms with Crippen molar-refractivity contribution in [3.8, 4) is 0 Å². The van der Waals surface area contributed by atoms with Crippen LogP contribution < -0.4 is 0 Å². The molecule has 0 atom stereocenters. The van der Waals surface area contributed by atoms with E-state index in [1.807, 2.05) is 0 Å². The van der Waals surface area contributed by atoms with Crippen LogP contribution in [0.3, 0.4) is 0 Å². The van der Waals surface area contributed by atoms with Gasteiger partial charge in [-0.05, 0) is 0 Å². The molecule has 0 aromatic rings. The van der Waals surface area contributed by atoms with Crippen LogP contribution in [0.1, 0.15) is 0 Å². The van der Waals surface area contributed by atoms with Gasteiger partial charge < -0.3 is 0 Å². The highest BCUT2D eigenvalue weighted by molar-refractivity contribution is 14.1. The summed E-state index contributed by atoms with van der Waals surface area (Å²) in [5, 5.41) is 0. The van der Waals surface area contributed by atoms with Crippen LogP contribution in [-0.4, -0.2) is 47.4 Å². The van der Waals surface area contributed by atoms with E-state index in [0.29, 0.717) is 6.54 Å². The van der Waals surface area contributed by atoms with E-state index < -0.39 is 0 Å². The molecule has 0 radical (unpaired) electrons. The van der Waals surface area contributed by atoms with Crippen LogP contribution in [0.25, 0.3) is 0 Å². The van der Waals surface area contributed by atoms with Gasteiger partial charge in [0.25, 0.3) is 0 Å². The van der Waals surface area contributed by atoms with Crippen molar-refractivity contribution in [3.05, 3.63) is 0 Å². The molecule has 60 valence electrons. The molecule has 0 aliphatic carbocycles. The predicted molar refractivity (Wildman–Crippen MR) is 48.0 cm³/mol. The molecule has 0 unspecified atom stereocenters. The maximum atomic E-state index is 11.8. The maximum absolute atomic E-state index is 11.8. The molecule has 0 bridgehead atoms. The van der Waals surface area contributed by atoms with Gasteiger partial charge in [0.05, 0.1) is 0 Å². The molecular weight excluding hydrogens is 246 g/mol. The van der Waals surface area contributed by atoms with Gasteiger partial charge in [0.1, 0.15) is 6.67 Å². The Balaban J connectivity index is 2.13. The van der Waals surface area contributed by atoms with Gasteiger partial charge in [0.2, 0.25) is 0 Å². The predicted octanol–water partition coefficient (Wildman–Crippen LogP) is 0.924. The minimum absolute atomic E-state index is 0.207. The Morgan fingerprint density at radius 1 is 1.20 bits per heavy atom. The first-order chi connectivity index (χ1) is 4.83. The van der Waals surface area contributed by atoms with Gasteiger partial charge in [-0.15, -0.1) is 0 Å². The van der Waals surface area contributed by atoms with Crippen LogP contribution in [0.2, 0.25) is 0 Å². The van der Waals surface area contributed by atoms with Crippen molar-refractivity contribution in [2.45, 2.75) is 0 Å². The van der Waals surface area contributed by atoms with E-state index in [1.165, 1.54) is 0 Å². The Kier molecular flexibility index (Phi) is 3.87. The van der Waals surface area contributed by atoms with E-state index in [2.05, 4.69) is 30.9 Å². The second-order valence-corrected chi connectivity index (χ2v) is 3.81. The van der Waals surface area contributed by atoms with Crippen LogP contribution in [-0.2, 0) is 0 Å². The number of hydrogen-bond donors (Lipinski definition) is 0. The van der Waals surface area contributed by atoms with Crippen molar-refractivity contribution in [1.82, 2.24) is 8.01 Å². The van der Waals surface area contributed by atoms with Crippen LogP contribution >= 0.6 is 22.9 Å². The zero-order valence-electron chi connectivity index (χ0n) is 5.89. The molecule has 10 heavy (non-hydrogen) atoms. The Hall–Kier alpha value is 0.580. The average Bonchev–Trinajstić information content (AvgIpc) is 1.95. The maximum Gasteiger partial charge on any atom is 0.102 e. The fourth-order valence-corrected chi connectivity index (χ4v) is 1.50. The third-order valence-electron chi connectivity index (χ3n) is 1.72. The molecule has 0 saturated carbocycles. The zero-order valence-corrected chi connectivity index (χ0v) is 8.05. The van der Waals surface area contributed by atoms with E-state index >= 15 is 0 Å². The molecular formula is C6H12FIN2. The molecule has 1 aliphatic heterocycles. The topological polar surface area (TPSA) is 6.48 Å². The molecule has 0 N–H and O–H groups in total. The fraction of sp³-hybridized carbons (Fsp3) is 1.00. The third kappa shape index (κ3) is 2.67. The van der Waals surface area contributed by atoms with Crippen LogP contribution in [0.4, 0.5) is 4.39 Å². The smallest absolute Gasteiger partial charge is 0.102 e. The zero-order chi connectivity index (χ0) is 7.40. The minimum Gasteiger partial charge on any atom is -0.298 e. The summed E-state index contributed by atoms with van der Waals surface area (Å²) < 4.78 is 14.1. The molecule has 1 rings (SSSR count). The van der Waals surface area contributed by atoms with Crippen LogP contribution in [0, 0.1) is 0 Å². The quantitative estimate of drug-likeness (QED) is 0.537. The summed E-state index contributed by atoms with van der Waals surface area (Å²) in [6.45, 7) is 4.59. The van der Waals surface area contributed by atoms with Crippen molar-refractivity contribution < 1.29 is 4.39 Å². The van der Waals surface area contributed by atoms with E-state index in [4.69, 9.17) is 0 Å². The average molecular weight is 258 g/mol. The van der Waals surface area contributed by atoms with Gasteiger partial charge in [-0.1, -0.05) is 0 Å². The number of rotatable bonds is 2. The van der Waals surface area contributed by atoms with E-state index in [1.54, 1.807) is 0 Å². The molecule has 1 saturated heterocycles. The summed E-state index contributed by atoms with van der Waals surface area (Å²) in [4.78, 5) is 2.16. The lowest BCUT2D eigenvalue weighted by Crippen LogP contribution is -2.42. The van der Waals surface area contributed by atoms with E-state index in [9.17, 15) is 4.39 Å². The molecule has 4 heteroatoms. The number of hydrogen-bond acceptors (Lipinski definition) is 2. The van der Waals surface area contributed by atoms with Crippen LogP contribution in [0.5, 0.6) is 0 Å². The monoisotopic (exact) mass is 258 g/mol. The Labute approximate surface area is 74.9 Å². The lowest BCUT2D eigenvalue weighted by atomic mass is 10.4. The summed E-state index contributed by atoms with van der Waals surface area (Å²) in [5.74, 6) is 0. The van der Waals surface area contributed by atoms with Gasteiger partial charge >= 0.3 is 0 Å². The summed E-state index contributed by atoms with van der Waals surface area (Å²) >= 11 is 2.31. The molecule has 0 spiro atoms. The van der Waals surface area contributed by atoms with Gasteiger partial charge in [-0.2, -0.15) is 0 Å². The SMILES string of the molecule is FCCN1CCN(I)CC1. The summed E-state index contributed by atoms with van der Waals surface area (Å²) in [6, 6.07) is 0. The molecule has 2 nitrogen and oxygen atoms in total. The largest absolute Gasteiger partial charge is 0.298 e. The van der Waals surface area contributed by atoms with E-state index in [0.717, 1.165) is 26.2 Å². The van der Waals surface area contributed by atoms with E-state index in [-0.39, 0.29) is 6.67 Å². The lowest BCUT2D eigenvalue weighted by molar-refractivity contribution is 0.192. The van der Waals surface area contributed by atoms with Crippen molar-refractivity contribution in [3.63, 3.8) is 0 Å². The van der Waals surface area contributed by atoms with Gasteiger partial charge in [-0.3, -0.25) is 4.90 Å².